The quantitative estimate of drug-likeness (QED) is 0.827. The molecule has 102 valence electrons. The number of aryl methyl sites for hydroxylation is 1. The summed E-state index contributed by atoms with van der Waals surface area (Å²) in [6.07, 6.45) is 1.23. The summed E-state index contributed by atoms with van der Waals surface area (Å²) < 4.78 is 0. The van der Waals surface area contributed by atoms with Gasteiger partial charge < -0.3 is 10.2 Å². The lowest BCUT2D eigenvalue weighted by molar-refractivity contribution is 0.503. The van der Waals surface area contributed by atoms with Crippen LogP contribution in [0.4, 0.5) is 5.69 Å². The lowest BCUT2D eigenvalue weighted by atomic mass is 10.0. The van der Waals surface area contributed by atoms with Crippen molar-refractivity contribution in [3.8, 4) is 0 Å². The van der Waals surface area contributed by atoms with Gasteiger partial charge in [0.05, 0.1) is 0 Å². The maximum Gasteiger partial charge on any atom is 0.0411 e. The van der Waals surface area contributed by atoms with Crippen LogP contribution in [0.1, 0.15) is 38.3 Å². The summed E-state index contributed by atoms with van der Waals surface area (Å²) in [5.41, 5.74) is 4.06. The van der Waals surface area contributed by atoms with Gasteiger partial charge in [-0.3, -0.25) is 0 Å². The molecule has 1 aromatic carbocycles. The molecule has 1 N–H and O–H groups in total. The van der Waals surface area contributed by atoms with E-state index in [0.29, 0.717) is 6.04 Å². The van der Waals surface area contributed by atoms with Crippen molar-refractivity contribution >= 4 is 5.69 Å². The Hall–Kier alpha value is -1.02. The van der Waals surface area contributed by atoms with E-state index in [4.69, 9.17) is 0 Å². The number of nitrogens with one attached hydrogen (secondary N) is 1. The van der Waals surface area contributed by atoms with Gasteiger partial charge in [-0.1, -0.05) is 31.5 Å². The predicted molar refractivity (Wildman–Crippen MR) is 81.3 cm³/mol. The Bertz CT molecular complexity index is 371. The summed E-state index contributed by atoms with van der Waals surface area (Å²) >= 11 is 0. The van der Waals surface area contributed by atoms with Crippen LogP contribution in [-0.2, 0) is 6.54 Å². The molecule has 0 aromatic heterocycles. The van der Waals surface area contributed by atoms with Crippen molar-refractivity contribution in [2.45, 2.75) is 46.7 Å². The zero-order chi connectivity index (χ0) is 13.7. The highest BCUT2D eigenvalue weighted by atomic mass is 15.1. The molecule has 0 aliphatic rings. The highest BCUT2D eigenvalue weighted by molar-refractivity contribution is 5.55. The van der Waals surface area contributed by atoms with Crippen LogP contribution < -0.4 is 10.2 Å². The van der Waals surface area contributed by atoms with Crippen molar-refractivity contribution in [2.75, 3.05) is 19.0 Å². The van der Waals surface area contributed by atoms with E-state index in [2.05, 4.69) is 63.2 Å². The molecule has 18 heavy (non-hydrogen) atoms. The molecule has 1 unspecified atom stereocenters. The third kappa shape index (κ3) is 4.02. The highest BCUT2D eigenvalue weighted by Crippen LogP contribution is 2.24. The third-order valence-electron chi connectivity index (χ3n) is 3.46. The van der Waals surface area contributed by atoms with Crippen LogP contribution in [-0.4, -0.2) is 20.1 Å². The topological polar surface area (TPSA) is 15.3 Å². The molecule has 0 saturated heterocycles. The van der Waals surface area contributed by atoms with Gasteiger partial charge in [0.2, 0.25) is 0 Å². The Labute approximate surface area is 112 Å². The number of benzene rings is 1. The molecule has 0 fully saturated rings. The van der Waals surface area contributed by atoms with Crippen LogP contribution in [0, 0.1) is 12.8 Å². The average molecular weight is 248 g/mol. The van der Waals surface area contributed by atoms with E-state index < -0.39 is 0 Å². The van der Waals surface area contributed by atoms with Crippen molar-refractivity contribution in [2.24, 2.45) is 5.92 Å². The Balaban J connectivity index is 2.93. The minimum atomic E-state index is 0.573. The van der Waals surface area contributed by atoms with E-state index in [1.165, 1.54) is 23.2 Å². The van der Waals surface area contributed by atoms with Crippen LogP contribution in [0.25, 0.3) is 0 Å². The lowest BCUT2D eigenvalue weighted by Gasteiger charge is -2.30. The van der Waals surface area contributed by atoms with E-state index in [1.54, 1.807) is 0 Å². The Morgan fingerprint density at radius 1 is 1.22 bits per heavy atom. The molecule has 1 rings (SSSR count). The predicted octanol–water partition coefficient (Wildman–Crippen LogP) is 3.59. The lowest BCUT2D eigenvalue weighted by Crippen LogP contribution is -2.31. The van der Waals surface area contributed by atoms with Gasteiger partial charge in [0.25, 0.3) is 0 Å². The van der Waals surface area contributed by atoms with Gasteiger partial charge in [-0.05, 0) is 44.9 Å². The Kier molecular flexibility index (Phi) is 5.67. The number of rotatable bonds is 6. The summed E-state index contributed by atoms with van der Waals surface area (Å²) in [5, 5.41) is 3.26. The van der Waals surface area contributed by atoms with Crippen molar-refractivity contribution in [3.05, 3.63) is 29.3 Å². The fraction of sp³-hybridized carbons (Fsp3) is 0.625. The first-order chi connectivity index (χ1) is 8.45. The van der Waals surface area contributed by atoms with Crippen molar-refractivity contribution in [1.29, 1.82) is 0 Å². The average Bonchev–Trinajstić information content (AvgIpc) is 2.28. The van der Waals surface area contributed by atoms with Crippen LogP contribution in [0.15, 0.2) is 18.2 Å². The van der Waals surface area contributed by atoms with E-state index in [9.17, 15) is 0 Å². The molecule has 0 bridgehead atoms. The second-order valence-corrected chi connectivity index (χ2v) is 5.75. The Morgan fingerprint density at radius 2 is 1.89 bits per heavy atom. The van der Waals surface area contributed by atoms with Crippen molar-refractivity contribution in [3.63, 3.8) is 0 Å². The van der Waals surface area contributed by atoms with E-state index >= 15 is 0 Å². The zero-order valence-corrected chi connectivity index (χ0v) is 12.7. The summed E-state index contributed by atoms with van der Waals surface area (Å²) in [6.45, 7) is 9.96. The second kappa shape index (κ2) is 6.79. The summed E-state index contributed by atoms with van der Waals surface area (Å²) in [5.74, 6) is 0.737. The SMILES string of the molecule is CNCc1cc(C)ccc1N(C)C(C)CC(C)C. The standard InChI is InChI=1S/C16H28N2/c1-12(2)9-14(4)18(6)16-8-7-13(3)10-15(16)11-17-5/h7-8,10,12,14,17H,9,11H2,1-6H3. The Morgan fingerprint density at radius 3 is 2.44 bits per heavy atom. The van der Waals surface area contributed by atoms with Gasteiger partial charge in [0.15, 0.2) is 0 Å². The number of nitrogens with zero attached hydrogens (tertiary/aromatic N) is 1. The monoisotopic (exact) mass is 248 g/mol. The summed E-state index contributed by atoms with van der Waals surface area (Å²) in [6, 6.07) is 7.30. The normalized spacial score (nSPS) is 12.8. The molecule has 0 aliphatic heterocycles. The summed E-state index contributed by atoms with van der Waals surface area (Å²) in [7, 11) is 4.21. The van der Waals surface area contributed by atoms with E-state index in [1.807, 2.05) is 7.05 Å². The number of hydrogen-bond donors (Lipinski definition) is 1. The minimum Gasteiger partial charge on any atom is -0.372 e. The number of hydrogen-bond acceptors (Lipinski definition) is 2. The van der Waals surface area contributed by atoms with E-state index in [0.717, 1.165) is 12.5 Å². The second-order valence-electron chi connectivity index (χ2n) is 5.75. The molecule has 2 heteroatoms. The molecule has 1 aromatic rings. The van der Waals surface area contributed by atoms with Crippen molar-refractivity contribution in [1.82, 2.24) is 5.32 Å². The van der Waals surface area contributed by atoms with Crippen molar-refractivity contribution < 1.29 is 0 Å². The third-order valence-corrected chi connectivity index (χ3v) is 3.46. The fourth-order valence-corrected chi connectivity index (χ4v) is 2.47. The van der Waals surface area contributed by atoms with Gasteiger partial charge in [0.1, 0.15) is 0 Å². The molecule has 0 spiro atoms. The first-order valence-electron chi connectivity index (χ1n) is 6.92. The fourth-order valence-electron chi connectivity index (χ4n) is 2.47. The molecular weight excluding hydrogens is 220 g/mol. The first kappa shape index (κ1) is 15.0. The van der Waals surface area contributed by atoms with Crippen LogP contribution in [0.2, 0.25) is 0 Å². The molecule has 0 aliphatic carbocycles. The molecule has 0 radical (unpaired) electrons. The van der Waals surface area contributed by atoms with Gasteiger partial charge in [-0.2, -0.15) is 0 Å². The molecule has 1 atom stereocenters. The number of anilines is 1. The first-order valence-corrected chi connectivity index (χ1v) is 6.92. The van der Waals surface area contributed by atoms with Crippen LogP contribution in [0.5, 0.6) is 0 Å². The van der Waals surface area contributed by atoms with Gasteiger partial charge in [-0.15, -0.1) is 0 Å². The van der Waals surface area contributed by atoms with Gasteiger partial charge in [-0.25, -0.2) is 0 Å². The molecular formula is C16H28N2. The molecule has 0 saturated carbocycles. The highest BCUT2D eigenvalue weighted by Gasteiger charge is 2.14. The van der Waals surface area contributed by atoms with E-state index in [-0.39, 0.29) is 0 Å². The van der Waals surface area contributed by atoms with Gasteiger partial charge in [0, 0.05) is 25.3 Å². The maximum absolute atomic E-state index is 3.26. The molecule has 0 amide bonds. The molecule has 2 nitrogen and oxygen atoms in total. The zero-order valence-electron chi connectivity index (χ0n) is 12.7. The van der Waals surface area contributed by atoms with Crippen LogP contribution >= 0.6 is 0 Å². The molecule has 0 heterocycles. The maximum atomic E-state index is 3.26. The summed E-state index contributed by atoms with van der Waals surface area (Å²) in [4.78, 5) is 2.41. The minimum absolute atomic E-state index is 0.573. The van der Waals surface area contributed by atoms with Gasteiger partial charge >= 0.3 is 0 Å². The largest absolute Gasteiger partial charge is 0.372 e. The van der Waals surface area contributed by atoms with Crippen LogP contribution in [0.3, 0.4) is 0 Å². The smallest absolute Gasteiger partial charge is 0.0411 e.